The fourth-order valence-electron chi connectivity index (χ4n) is 2.00. The van der Waals surface area contributed by atoms with Crippen molar-refractivity contribution in [3.8, 4) is 0 Å². The van der Waals surface area contributed by atoms with Crippen LogP contribution >= 0.6 is 0 Å². The zero-order valence-electron chi connectivity index (χ0n) is 11.5. The smallest absolute Gasteiger partial charge is 0.263 e. The normalized spacial score (nSPS) is 10.2. The summed E-state index contributed by atoms with van der Waals surface area (Å²) in [7, 11) is 1.63. The zero-order chi connectivity index (χ0) is 14.4. The summed E-state index contributed by atoms with van der Waals surface area (Å²) < 4.78 is 1.40. The fraction of sp³-hybridized carbons (Fsp3) is 0.250. The molecule has 1 heterocycles. The lowest BCUT2D eigenvalue weighted by Gasteiger charge is -2.06. The van der Waals surface area contributed by atoms with Crippen LogP contribution in [0.15, 0.2) is 53.5 Å². The number of hydrogen-bond acceptors (Lipinski definition) is 2. The number of carbonyl (C=O) groups excluding carboxylic acids is 1. The van der Waals surface area contributed by atoms with Crippen molar-refractivity contribution in [2.45, 2.75) is 12.8 Å². The highest BCUT2D eigenvalue weighted by atomic mass is 16.2. The van der Waals surface area contributed by atoms with Gasteiger partial charge >= 0.3 is 0 Å². The molecule has 0 atom stereocenters. The Hall–Kier alpha value is -2.36. The van der Waals surface area contributed by atoms with Gasteiger partial charge in [0, 0.05) is 19.8 Å². The molecular formula is C16H18N2O2. The average molecular weight is 270 g/mol. The van der Waals surface area contributed by atoms with E-state index >= 15 is 0 Å². The molecule has 0 unspecified atom stereocenters. The van der Waals surface area contributed by atoms with Gasteiger partial charge < -0.3 is 9.88 Å². The summed E-state index contributed by atoms with van der Waals surface area (Å²) in [6.45, 7) is 0.561. The molecule has 0 spiro atoms. The van der Waals surface area contributed by atoms with Crippen LogP contribution in [-0.2, 0) is 13.5 Å². The second-order valence-corrected chi connectivity index (χ2v) is 4.68. The number of aromatic nitrogens is 1. The molecule has 1 aromatic heterocycles. The Labute approximate surface area is 118 Å². The molecule has 4 nitrogen and oxygen atoms in total. The van der Waals surface area contributed by atoms with Crippen molar-refractivity contribution in [3.63, 3.8) is 0 Å². The number of carbonyl (C=O) groups is 1. The standard InChI is InChI=1S/C16H18N2O2/c1-18-12-6-10-14(16(18)20)15(19)17-11-5-9-13-7-3-2-4-8-13/h2-4,6-8,10,12H,5,9,11H2,1H3,(H,17,19). The van der Waals surface area contributed by atoms with E-state index in [1.165, 1.54) is 10.1 Å². The van der Waals surface area contributed by atoms with E-state index in [9.17, 15) is 9.59 Å². The van der Waals surface area contributed by atoms with E-state index in [1.807, 2.05) is 18.2 Å². The van der Waals surface area contributed by atoms with Gasteiger partial charge in [-0.05, 0) is 30.5 Å². The minimum atomic E-state index is -0.306. The van der Waals surface area contributed by atoms with Crippen molar-refractivity contribution in [1.29, 1.82) is 0 Å². The number of amides is 1. The first-order valence-electron chi connectivity index (χ1n) is 6.66. The molecule has 1 amide bonds. The third-order valence-electron chi connectivity index (χ3n) is 3.14. The molecule has 0 aliphatic heterocycles. The zero-order valence-corrected chi connectivity index (χ0v) is 11.5. The van der Waals surface area contributed by atoms with Gasteiger partial charge in [0.2, 0.25) is 0 Å². The van der Waals surface area contributed by atoms with Crippen LogP contribution < -0.4 is 10.9 Å². The van der Waals surface area contributed by atoms with Crippen molar-refractivity contribution in [1.82, 2.24) is 9.88 Å². The topological polar surface area (TPSA) is 51.1 Å². The molecule has 0 aliphatic carbocycles. The van der Waals surface area contributed by atoms with Crippen LogP contribution in [0.3, 0.4) is 0 Å². The van der Waals surface area contributed by atoms with Gasteiger partial charge in [-0.3, -0.25) is 9.59 Å². The average Bonchev–Trinajstić information content (AvgIpc) is 2.47. The van der Waals surface area contributed by atoms with E-state index in [4.69, 9.17) is 0 Å². The number of pyridine rings is 1. The summed E-state index contributed by atoms with van der Waals surface area (Å²) in [5.74, 6) is -0.306. The molecule has 1 N–H and O–H groups in total. The van der Waals surface area contributed by atoms with Crippen molar-refractivity contribution in [2.24, 2.45) is 7.05 Å². The molecule has 0 saturated heterocycles. The third kappa shape index (κ3) is 3.57. The van der Waals surface area contributed by atoms with Gasteiger partial charge in [0.05, 0.1) is 0 Å². The highest BCUT2D eigenvalue weighted by Crippen LogP contribution is 2.01. The first-order chi connectivity index (χ1) is 9.68. The molecule has 4 heteroatoms. The van der Waals surface area contributed by atoms with Gasteiger partial charge in [-0.2, -0.15) is 0 Å². The number of nitrogens with zero attached hydrogens (tertiary/aromatic N) is 1. The van der Waals surface area contributed by atoms with Crippen LogP contribution in [-0.4, -0.2) is 17.0 Å². The summed E-state index contributed by atoms with van der Waals surface area (Å²) in [5, 5.41) is 2.78. The maximum atomic E-state index is 11.9. The summed E-state index contributed by atoms with van der Waals surface area (Å²) >= 11 is 0. The van der Waals surface area contributed by atoms with Gasteiger partial charge in [0.1, 0.15) is 5.56 Å². The Morgan fingerprint density at radius 1 is 1.15 bits per heavy atom. The first kappa shape index (κ1) is 14.1. The third-order valence-corrected chi connectivity index (χ3v) is 3.14. The van der Waals surface area contributed by atoms with E-state index in [2.05, 4.69) is 17.4 Å². The minimum absolute atomic E-state index is 0.190. The molecule has 1 aromatic carbocycles. The van der Waals surface area contributed by atoms with Crippen LogP contribution in [0.2, 0.25) is 0 Å². The summed E-state index contributed by atoms with van der Waals surface area (Å²) in [6.07, 6.45) is 3.39. The van der Waals surface area contributed by atoms with E-state index in [-0.39, 0.29) is 17.0 Å². The number of hydrogen-bond donors (Lipinski definition) is 1. The lowest BCUT2D eigenvalue weighted by molar-refractivity contribution is 0.0951. The molecule has 0 fully saturated rings. The SMILES string of the molecule is Cn1cccc(C(=O)NCCCc2ccccc2)c1=O. The second kappa shape index (κ2) is 6.70. The molecule has 0 aliphatic rings. The van der Waals surface area contributed by atoms with E-state index in [0.717, 1.165) is 12.8 Å². The summed E-state index contributed by atoms with van der Waals surface area (Å²) in [5.41, 5.74) is 1.17. The summed E-state index contributed by atoms with van der Waals surface area (Å²) in [6, 6.07) is 13.4. The molecule has 104 valence electrons. The maximum Gasteiger partial charge on any atom is 0.263 e. The molecule has 0 bridgehead atoms. The van der Waals surface area contributed by atoms with Gasteiger partial charge in [-0.15, -0.1) is 0 Å². The number of rotatable bonds is 5. The molecule has 2 rings (SSSR count). The van der Waals surface area contributed by atoms with Crippen LogP contribution in [0.5, 0.6) is 0 Å². The van der Waals surface area contributed by atoms with Crippen molar-refractivity contribution in [3.05, 3.63) is 70.1 Å². The van der Waals surface area contributed by atoms with Crippen LogP contribution in [0.25, 0.3) is 0 Å². The van der Waals surface area contributed by atoms with E-state index in [1.54, 1.807) is 25.4 Å². The Morgan fingerprint density at radius 3 is 2.65 bits per heavy atom. The monoisotopic (exact) mass is 270 g/mol. The Kier molecular flexibility index (Phi) is 4.71. The van der Waals surface area contributed by atoms with Gasteiger partial charge in [-0.1, -0.05) is 30.3 Å². The predicted molar refractivity (Wildman–Crippen MR) is 78.8 cm³/mol. The minimum Gasteiger partial charge on any atom is -0.352 e. The molecular weight excluding hydrogens is 252 g/mol. The lowest BCUT2D eigenvalue weighted by Crippen LogP contribution is -2.32. The number of nitrogens with one attached hydrogen (secondary N) is 1. The lowest BCUT2D eigenvalue weighted by atomic mass is 10.1. The Bertz CT molecular complexity index is 632. The fourth-order valence-corrected chi connectivity index (χ4v) is 2.00. The molecule has 0 saturated carbocycles. The first-order valence-corrected chi connectivity index (χ1v) is 6.66. The quantitative estimate of drug-likeness (QED) is 0.841. The van der Waals surface area contributed by atoms with Gasteiger partial charge in [0.15, 0.2) is 0 Å². The van der Waals surface area contributed by atoms with Crippen molar-refractivity contribution in [2.75, 3.05) is 6.54 Å². The number of benzene rings is 1. The van der Waals surface area contributed by atoms with Crippen LogP contribution in [0.4, 0.5) is 0 Å². The van der Waals surface area contributed by atoms with E-state index in [0.29, 0.717) is 6.54 Å². The summed E-state index contributed by atoms with van der Waals surface area (Å²) in [4.78, 5) is 23.7. The van der Waals surface area contributed by atoms with Gasteiger partial charge in [-0.25, -0.2) is 0 Å². The van der Waals surface area contributed by atoms with Gasteiger partial charge in [0.25, 0.3) is 11.5 Å². The highest BCUT2D eigenvalue weighted by Gasteiger charge is 2.09. The second-order valence-electron chi connectivity index (χ2n) is 4.68. The Balaban J connectivity index is 1.84. The predicted octanol–water partition coefficient (Wildman–Crippen LogP) is 1.75. The largest absolute Gasteiger partial charge is 0.352 e. The highest BCUT2D eigenvalue weighted by molar-refractivity contribution is 5.93. The van der Waals surface area contributed by atoms with Crippen LogP contribution in [0, 0.1) is 0 Å². The van der Waals surface area contributed by atoms with Crippen molar-refractivity contribution < 1.29 is 4.79 Å². The van der Waals surface area contributed by atoms with E-state index < -0.39 is 0 Å². The molecule has 2 aromatic rings. The molecule has 20 heavy (non-hydrogen) atoms. The maximum absolute atomic E-state index is 11.9. The Morgan fingerprint density at radius 2 is 1.90 bits per heavy atom. The van der Waals surface area contributed by atoms with Crippen molar-refractivity contribution >= 4 is 5.91 Å². The molecule has 0 radical (unpaired) electrons. The number of aryl methyl sites for hydroxylation is 2. The van der Waals surface area contributed by atoms with Crippen LogP contribution in [0.1, 0.15) is 22.3 Å².